The first-order chi connectivity index (χ1) is 8.58. The van der Waals surface area contributed by atoms with Crippen LogP contribution in [0.5, 0.6) is 0 Å². The second kappa shape index (κ2) is 5.08. The Morgan fingerprint density at radius 2 is 2.11 bits per heavy atom. The fourth-order valence-electron chi connectivity index (χ4n) is 1.73. The fraction of sp³-hybridized carbons (Fsp3) is 0.200. The molecule has 2 nitrogen and oxygen atoms in total. The molecule has 0 bridgehead atoms. The largest absolute Gasteiger partial charge is 0.206 e. The average Bonchev–Trinajstić information content (AvgIpc) is 2.54. The summed E-state index contributed by atoms with van der Waals surface area (Å²) in [6.07, 6.45) is 4.41. The lowest BCUT2D eigenvalue weighted by Crippen LogP contribution is -2.03. The molecule has 0 aliphatic carbocycles. The molecule has 1 aliphatic rings. The Labute approximate surface area is 106 Å². The third kappa shape index (κ3) is 2.62. The molecule has 0 amide bonds. The molecule has 0 radical (unpaired) electrons. The van der Waals surface area contributed by atoms with Crippen LogP contribution in [0.2, 0.25) is 0 Å². The van der Waals surface area contributed by atoms with Gasteiger partial charge in [-0.05, 0) is 37.6 Å². The lowest BCUT2D eigenvalue weighted by atomic mass is 10.0. The average molecular weight is 242 g/mol. The number of benzene rings is 1. The molecule has 0 saturated carbocycles. The fourth-order valence-corrected chi connectivity index (χ4v) is 1.73. The van der Waals surface area contributed by atoms with Crippen molar-refractivity contribution in [2.75, 3.05) is 0 Å². The summed E-state index contributed by atoms with van der Waals surface area (Å²) >= 11 is 0. The first-order valence-corrected chi connectivity index (χ1v) is 5.81. The van der Waals surface area contributed by atoms with Crippen molar-refractivity contribution in [3.8, 4) is 0 Å². The van der Waals surface area contributed by atoms with E-state index >= 15 is 0 Å². The van der Waals surface area contributed by atoms with E-state index in [2.05, 4.69) is 16.8 Å². The van der Waals surface area contributed by atoms with Crippen LogP contribution in [0.4, 0.5) is 4.39 Å². The number of allylic oxidation sites excluding steroid dienone is 3. The Morgan fingerprint density at radius 3 is 2.83 bits per heavy atom. The van der Waals surface area contributed by atoms with Crippen LogP contribution in [0.1, 0.15) is 31.4 Å². The highest BCUT2D eigenvalue weighted by Crippen LogP contribution is 2.19. The van der Waals surface area contributed by atoms with Crippen LogP contribution in [0.15, 0.2) is 47.1 Å². The Balaban J connectivity index is 2.47. The van der Waals surface area contributed by atoms with Gasteiger partial charge in [-0.2, -0.15) is 10.2 Å². The Morgan fingerprint density at radius 1 is 1.33 bits per heavy atom. The van der Waals surface area contributed by atoms with E-state index in [0.717, 1.165) is 16.8 Å². The van der Waals surface area contributed by atoms with Gasteiger partial charge in [0.15, 0.2) is 0 Å². The van der Waals surface area contributed by atoms with E-state index in [-0.39, 0.29) is 5.82 Å². The standard InChI is InChI=1S/C15H15FN2/c1-10(2)12-7-8-14(16)13(9-12)15-6-4-5-11(3)17-18-15/h4-5,7-9H,1,6H2,2-3H3. The molecule has 1 aliphatic heterocycles. The normalized spacial score (nSPS) is 14.8. The number of hydrogen-bond donors (Lipinski definition) is 0. The lowest BCUT2D eigenvalue weighted by molar-refractivity contribution is 0.624. The van der Waals surface area contributed by atoms with Crippen LogP contribution in [-0.4, -0.2) is 11.4 Å². The summed E-state index contributed by atoms with van der Waals surface area (Å²) in [6, 6.07) is 4.95. The highest BCUT2D eigenvalue weighted by molar-refractivity contribution is 6.04. The number of nitrogens with zero attached hydrogens (tertiary/aromatic N) is 2. The molecule has 0 spiro atoms. The van der Waals surface area contributed by atoms with Crippen LogP contribution in [-0.2, 0) is 0 Å². The van der Waals surface area contributed by atoms with Crippen molar-refractivity contribution in [1.29, 1.82) is 0 Å². The van der Waals surface area contributed by atoms with Crippen molar-refractivity contribution in [3.05, 3.63) is 53.9 Å². The Bertz CT molecular complexity index is 580. The van der Waals surface area contributed by atoms with E-state index in [1.165, 1.54) is 6.07 Å². The maximum Gasteiger partial charge on any atom is 0.132 e. The Hall–Kier alpha value is -2.03. The minimum Gasteiger partial charge on any atom is -0.206 e. The maximum absolute atomic E-state index is 13.9. The molecule has 0 N–H and O–H groups in total. The van der Waals surface area contributed by atoms with Crippen LogP contribution >= 0.6 is 0 Å². The molecule has 0 saturated heterocycles. The van der Waals surface area contributed by atoms with Gasteiger partial charge in [0, 0.05) is 12.0 Å². The SMILES string of the molecule is C=C(C)c1ccc(F)c(C2=NN=C(C)C=CC2)c1. The first-order valence-electron chi connectivity index (χ1n) is 5.81. The van der Waals surface area contributed by atoms with Gasteiger partial charge in [0.1, 0.15) is 5.82 Å². The van der Waals surface area contributed by atoms with E-state index in [0.29, 0.717) is 17.7 Å². The van der Waals surface area contributed by atoms with Crippen molar-refractivity contribution < 1.29 is 4.39 Å². The van der Waals surface area contributed by atoms with Gasteiger partial charge in [-0.25, -0.2) is 4.39 Å². The van der Waals surface area contributed by atoms with Gasteiger partial charge in [-0.3, -0.25) is 0 Å². The predicted octanol–water partition coefficient (Wildman–Crippen LogP) is 3.98. The van der Waals surface area contributed by atoms with Gasteiger partial charge in [0.2, 0.25) is 0 Å². The van der Waals surface area contributed by atoms with Gasteiger partial charge < -0.3 is 0 Å². The molecule has 0 fully saturated rings. The summed E-state index contributed by atoms with van der Waals surface area (Å²) in [5, 5.41) is 8.13. The van der Waals surface area contributed by atoms with Crippen LogP contribution in [0.25, 0.3) is 5.57 Å². The molecular weight excluding hydrogens is 227 g/mol. The van der Waals surface area contributed by atoms with E-state index in [1.54, 1.807) is 12.1 Å². The molecule has 0 aromatic heterocycles. The zero-order valence-corrected chi connectivity index (χ0v) is 10.6. The van der Waals surface area contributed by atoms with Crippen LogP contribution in [0, 0.1) is 5.82 Å². The molecule has 1 aromatic carbocycles. The summed E-state index contributed by atoms with van der Waals surface area (Å²) in [5.41, 5.74) is 3.78. The molecular formula is C15H15FN2. The van der Waals surface area contributed by atoms with Crippen LogP contribution in [0.3, 0.4) is 0 Å². The summed E-state index contributed by atoms with van der Waals surface area (Å²) < 4.78 is 13.9. The molecule has 2 rings (SSSR count). The topological polar surface area (TPSA) is 24.7 Å². The highest BCUT2D eigenvalue weighted by atomic mass is 19.1. The van der Waals surface area contributed by atoms with Gasteiger partial charge in [-0.1, -0.05) is 24.3 Å². The first kappa shape index (κ1) is 12.4. The van der Waals surface area contributed by atoms with Gasteiger partial charge in [0.25, 0.3) is 0 Å². The number of hydrogen-bond acceptors (Lipinski definition) is 2. The van der Waals surface area contributed by atoms with Gasteiger partial charge in [-0.15, -0.1) is 0 Å². The van der Waals surface area contributed by atoms with Crippen LogP contribution < -0.4 is 0 Å². The molecule has 92 valence electrons. The molecule has 1 aromatic rings. The monoisotopic (exact) mass is 242 g/mol. The van der Waals surface area contributed by atoms with E-state index in [4.69, 9.17) is 0 Å². The number of halogens is 1. The van der Waals surface area contributed by atoms with Crippen molar-refractivity contribution in [2.24, 2.45) is 10.2 Å². The third-order valence-electron chi connectivity index (χ3n) is 2.77. The van der Waals surface area contributed by atoms with E-state index in [1.807, 2.05) is 26.0 Å². The van der Waals surface area contributed by atoms with Crippen molar-refractivity contribution in [1.82, 2.24) is 0 Å². The molecule has 1 heterocycles. The molecule has 0 unspecified atom stereocenters. The van der Waals surface area contributed by atoms with Gasteiger partial charge in [0.05, 0.1) is 11.4 Å². The van der Waals surface area contributed by atoms with Gasteiger partial charge >= 0.3 is 0 Å². The zero-order valence-electron chi connectivity index (χ0n) is 10.6. The quantitative estimate of drug-likeness (QED) is 0.749. The molecule has 18 heavy (non-hydrogen) atoms. The van der Waals surface area contributed by atoms with Crippen molar-refractivity contribution >= 4 is 17.0 Å². The summed E-state index contributed by atoms with van der Waals surface area (Å²) in [4.78, 5) is 0. The lowest BCUT2D eigenvalue weighted by Gasteiger charge is -2.07. The zero-order chi connectivity index (χ0) is 13.1. The second-order valence-corrected chi connectivity index (χ2v) is 4.37. The van der Waals surface area contributed by atoms with Crippen molar-refractivity contribution in [3.63, 3.8) is 0 Å². The number of rotatable bonds is 2. The highest BCUT2D eigenvalue weighted by Gasteiger charge is 2.11. The van der Waals surface area contributed by atoms with E-state index < -0.39 is 0 Å². The predicted molar refractivity (Wildman–Crippen MR) is 74.5 cm³/mol. The van der Waals surface area contributed by atoms with Crippen molar-refractivity contribution in [2.45, 2.75) is 20.3 Å². The summed E-state index contributed by atoms with van der Waals surface area (Å²) in [6.45, 7) is 7.63. The summed E-state index contributed by atoms with van der Waals surface area (Å²) in [7, 11) is 0. The third-order valence-corrected chi connectivity index (χ3v) is 2.77. The maximum atomic E-state index is 13.9. The molecule has 0 atom stereocenters. The minimum atomic E-state index is -0.276. The smallest absolute Gasteiger partial charge is 0.132 e. The Kier molecular flexibility index (Phi) is 3.51. The summed E-state index contributed by atoms with van der Waals surface area (Å²) in [5.74, 6) is -0.276. The van der Waals surface area contributed by atoms with E-state index in [9.17, 15) is 4.39 Å². The minimum absolute atomic E-state index is 0.276. The second-order valence-electron chi connectivity index (χ2n) is 4.37. The molecule has 3 heteroatoms.